The summed E-state index contributed by atoms with van der Waals surface area (Å²) < 4.78 is 0. The summed E-state index contributed by atoms with van der Waals surface area (Å²) in [4.78, 5) is 11.6. The van der Waals surface area contributed by atoms with Crippen LogP contribution in [0.4, 0.5) is 0 Å². The number of ketones is 1. The van der Waals surface area contributed by atoms with E-state index in [0.29, 0.717) is 0 Å². The Morgan fingerprint density at radius 1 is 1.62 bits per heavy atom. The van der Waals surface area contributed by atoms with Crippen LogP contribution in [0, 0.1) is 5.92 Å². The molecular formula is C11H21NO. The van der Waals surface area contributed by atoms with E-state index in [1.807, 2.05) is 26.8 Å². The molecule has 0 amide bonds. The van der Waals surface area contributed by atoms with E-state index in [4.69, 9.17) is 5.73 Å². The molecule has 0 bridgehead atoms. The van der Waals surface area contributed by atoms with Crippen molar-refractivity contribution in [2.45, 2.75) is 45.6 Å². The first-order valence-corrected chi connectivity index (χ1v) is 4.86. The van der Waals surface area contributed by atoms with Crippen LogP contribution in [0.5, 0.6) is 0 Å². The molecule has 1 atom stereocenters. The van der Waals surface area contributed by atoms with Gasteiger partial charge in [-0.1, -0.05) is 19.9 Å². The highest BCUT2D eigenvalue weighted by molar-refractivity contribution is 5.89. The van der Waals surface area contributed by atoms with Crippen LogP contribution in [-0.4, -0.2) is 11.3 Å². The van der Waals surface area contributed by atoms with E-state index in [2.05, 4.69) is 6.58 Å². The molecule has 0 aromatic carbocycles. The summed E-state index contributed by atoms with van der Waals surface area (Å²) in [6.45, 7) is 9.23. The van der Waals surface area contributed by atoms with Crippen LogP contribution < -0.4 is 5.73 Å². The number of unbranched alkanes of at least 4 members (excludes halogenated alkanes) is 1. The number of carbonyl (C=O) groups is 1. The molecule has 0 aromatic heterocycles. The van der Waals surface area contributed by atoms with Gasteiger partial charge in [0.05, 0.1) is 5.54 Å². The lowest BCUT2D eigenvalue weighted by molar-refractivity contribution is -0.126. The molecule has 0 fully saturated rings. The fourth-order valence-electron chi connectivity index (χ4n) is 1.40. The molecule has 2 N–H and O–H groups in total. The molecule has 0 aliphatic carbocycles. The monoisotopic (exact) mass is 183 g/mol. The summed E-state index contributed by atoms with van der Waals surface area (Å²) in [6, 6.07) is 0. The van der Waals surface area contributed by atoms with E-state index in [1.54, 1.807) is 0 Å². The molecule has 0 aliphatic heterocycles. The molecule has 0 spiro atoms. The largest absolute Gasteiger partial charge is 0.319 e. The van der Waals surface area contributed by atoms with Crippen LogP contribution in [-0.2, 0) is 4.79 Å². The molecule has 0 radical (unpaired) electrons. The number of Topliss-reactive ketones (excluding diaryl/α,β-unsaturated/α-hetero) is 1. The van der Waals surface area contributed by atoms with Gasteiger partial charge in [-0.15, -0.1) is 6.58 Å². The predicted octanol–water partition coefficient (Wildman–Crippen LogP) is 2.29. The maximum absolute atomic E-state index is 11.6. The quantitative estimate of drug-likeness (QED) is 0.507. The highest BCUT2D eigenvalue weighted by atomic mass is 16.1. The third-order valence-corrected chi connectivity index (χ3v) is 2.19. The lowest BCUT2D eigenvalue weighted by atomic mass is 9.85. The van der Waals surface area contributed by atoms with Crippen LogP contribution in [0.25, 0.3) is 0 Å². The van der Waals surface area contributed by atoms with E-state index in [1.165, 1.54) is 0 Å². The summed E-state index contributed by atoms with van der Waals surface area (Å²) >= 11 is 0. The van der Waals surface area contributed by atoms with Crippen LogP contribution in [0.3, 0.4) is 0 Å². The molecule has 76 valence electrons. The van der Waals surface area contributed by atoms with Gasteiger partial charge in [-0.2, -0.15) is 0 Å². The van der Waals surface area contributed by atoms with E-state index in [-0.39, 0.29) is 11.7 Å². The molecular weight excluding hydrogens is 162 g/mol. The van der Waals surface area contributed by atoms with Crippen molar-refractivity contribution in [2.75, 3.05) is 0 Å². The van der Waals surface area contributed by atoms with Gasteiger partial charge in [0.15, 0.2) is 5.78 Å². The van der Waals surface area contributed by atoms with Crippen molar-refractivity contribution >= 4 is 5.78 Å². The highest BCUT2D eigenvalue weighted by Crippen LogP contribution is 2.16. The first-order valence-electron chi connectivity index (χ1n) is 4.86. The first-order chi connectivity index (χ1) is 5.91. The predicted molar refractivity (Wildman–Crippen MR) is 56.5 cm³/mol. The average molecular weight is 183 g/mol. The summed E-state index contributed by atoms with van der Waals surface area (Å²) in [5.41, 5.74) is 5.26. The van der Waals surface area contributed by atoms with Gasteiger partial charge in [-0.05, 0) is 26.2 Å². The molecule has 2 nitrogen and oxygen atoms in total. The fraction of sp³-hybridized carbons (Fsp3) is 0.727. The number of nitrogens with two attached hydrogens (primary N) is 1. The molecule has 0 unspecified atom stereocenters. The summed E-state index contributed by atoms with van der Waals surface area (Å²) in [7, 11) is 0. The van der Waals surface area contributed by atoms with E-state index in [0.717, 1.165) is 19.3 Å². The second-order valence-electron chi connectivity index (χ2n) is 4.12. The maximum atomic E-state index is 11.6. The molecule has 0 heterocycles. The Balaban J connectivity index is 4.06. The van der Waals surface area contributed by atoms with E-state index >= 15 is 0 Å². The van der Waals surface area contributed by atoms with Crippen molar-refractivity contribution in [3.8, 4) is 0 Å². The summed E-state index contributed by atoms with van der Waals surface area (Å²) in [5, 5.41) is 0. The molecule has 0 aliphatic rings. The Hall–Kier alpha value is -0.630. The van der Waals surface area contributed by atoms with Gasteiger partial charge >= 0.3 is 0 Å². The molecule has 13 heavy (non-hydrogen) atoms. The van der Waals surface area contributed by atoms with E-state index < -0.39 is 5.54 Å². The van der Waals surface area contributed by atoms with Crippen LogP contribution >= 0.6 is 0 Å². The van der Waals surface area contributed by atoms with Crippen LogP contribution in [0.1, 0.15) is 40.0 Å². The van der Waals surface area contributed by atoms with Gasteiger partial charge in [0, 0.05) is 5.92 Å². The number of hydrogen-bond donors (Lipinski definition) is 1. The van der Waals surface area contributed by atoms with Gasteiger partial charge in [-0.25, -0.2) is 0 Å². The highest BCUT2D eigenvalue weighted by Gasteiger charge is 2.28. The van der Waals surface area contributed by atoms with E-state index in [9.17, 15) is 4.79 Å². The van der Waals surface area contributed by atoms with Gasteiger partial charge in [0.1, 0.15) is 0 Å². The number of allylic oxidation sites excluding steroid dienone is 1. The Morgan fingerprint density at radius 3 is 2.54 bits per heavy atom. The number of hydrogen-bond acceptors (Lipinski definition) is 2. The second-order valence-corrected chi connectivity index (χ2v) is 4.12. The number of carbonyl (C=O) groups excluding carboxylic acids is 1. The zero-order valence-electron chi connectivity index (χ0n) is 8.97. The van der Waals surface area contributed by atoms with Crippen LogP contribution in [0.15, 0.2) is 12.7 Å². The standard InChI is InChI=1S/C11H21NO/c1-5-6-7-8-11(4,12)10(13)9(2)3/h5,9H,1,6-8,12H2,2-4H3/t11-/m1/s1. The topological polar surface area (TPSA) is 43.1 Å². The fourth-order valence-corrected chi connectivity index (χ4v) is 1.40. The van der Waals surface area contributed by atoms with Crippen molar-refractivity contribution < 1.29 is 4.79 Å². The molecule has 0 saturated carbocycles. The Bertz CT molecular complexity index is 183. The Morgan fingerprint density at radius 2 is 2.15 bits per heavy atom. The lowest BCUT2D eigenvalue weighted by Gasteiger charge is -2.24. The van der Waals surface area contributed by atoms with Crippen molar-refractivity contribution in [1.82, 2.24) is 0 Å². The SMILES string of the molecule is C=CCCC[C@@](C)(N)C(=O)C(C)C. The molecule has 2 heteroatoms. The minimum Gasteiger partial charge on any atom is -0.319 e. The van der Waals surface area contributed by atoms with Crippen molar-refractivity contribution in [3.05, 3.63) is 12.7 Å². The van der Waals surface area contributed by atoms with Gasteiger partial charge in [-0.3, -0.25) is 4.79 Å². The Kier molecular flexibility index (Phi) is 4.92. The number of rotatable bonds is 6. The van der Waals surface area contributed by atoms with Gasteiger partial charge in [0.2, 0.25) is 0 Å². The van der Waals surface area contributed by atoms with Gasteiger partial charge in [0.25, 0.3) is 0 Å². The van der Waals surface area contributed by atoms with Crippen molar-refractivity contribution in [2.24, 2.45) is 11.7 Å². The molecule has 0 rings (SSSR count). The molecule has 0 saturated heterocycles. The Labute approximate surface area is 81.2 Å². The van der Waals surface area contributed by atoms with Crippen molar-refractivity contribution in [1.29, 1.82) is 0 Å². The minimum atomic E-state index is -0.656. The summed E-state index contributed by atoms with van der Waals surface area (Å²) in [6.07, 6.45) is 4.47. The van der Waals surface area contributed by atoms with Crippen molar-refractivity contribution in [3.63, 3.8) is 0 Å². The molecule has 0 aromatic rings. The third-order valence-electron chi connectivity index (χ3n) is 2.19. The van der Waals surface area contributed by atoms with Crippen LogP contribution in [0.2, 0.25) is 0 Å². The van der Waals surface area contributed by atoms with Gasteiger partial charge < -0.3 is 5.73 Å². The first kappa shape index (κ1) is 12.4. The second kappa shape index (κ2) is 5.18. The lowest BCUT2D eigenvalue weighted by Crippen LogP contribution is -2.47. The zero-order valence-corrected chi connectivity index (χ0v) is 8.97. The normalized spacial score (nSPS) is 15.5. The summed E-state index contributed by atoms with van der Waals surface area (Å²) in [5.74, 6) is 0.176. The zero-order chi connectivity index (χ0) is 10.5. The third kappa shape index (κ3) is 4.23. The minimum absolute atomic E-state index is 0.0266. The average Bonchev–Trinajstić information content (AvgIpc) is 2.03. The smallest absolute Gasteiger partial charge is 0.154 e. The maximum Gasteiger partial charge on any atom is 0.154 e.